The van der Waals surface area contributed by atoms with Crippen LogP contribution in [-0.2, 0) is 17.8 Å². The molecule has 8 heteroatoms. The van der Waals surface area contributed by atoms with Crippen LogP contribution in [0, 0.1) is 5.92 Å². The molecular formula is C20H24N6O2. The monoisotopic (exact) mass is 380 g/mol. The summed E-state index contributed by atoms with van der Waals surface area (Å²) in [5, 5.41) is 10.2. The van der Waals surface area contributed by atoms with E-state index in [4.69, 9.17) is 4.42 Å². The second-order valence-corrected chi connectivity index (χ2v) is 7.04. The number of likely N-dealkylation sites (tertiary alicyclic amines) is 1. The fourth-order valence-corrected chi connectivity index (χ4v) is 3.52. The zero-order valence-corrected chi connectivity index (χ0v) is 15.7. The summed E-state index contributed by atoms with van der Waals surface area (Å²) in [7, 11) is 0. The van der Waals surface area contributed by atoms with Crippen LogP contribution in [0.25, 0.3) is 11.4 Å². The lowest BCUT2D eigenvalue weighted by Crippen LogP contribution is -2.43. The SMILES string of the molecule is O=C(NCCc1nc(-c2ccncc2)n[nH]1)[C@H]1CCCN(Cc2ccco2)C1. The Bertz CT molecular complexity index is 877. The summed E-state index contributed by atoms with van der Waals surface area (Å²) in [6.45, 7) is 3.06. The number of aromatic amines is 1. The van der Waals surface area contributed by atoms with Crippen molar-refractivity contribution in [3.05, 3.63) is 54.5 Å². The number of aromatic nitrogens is 4. The highest BCUT2D eigenvalue weighted by Crippen LogP contribution is 2.19. The van der Waals surface area contributed by atoms with Gasteiger partial charge in [-0.15, -0.1) is 0 Å². The van der Waals surface area contributed by atoms with E-state index in [1.807, 2.05) is 24.3 Å². The number of piperidine rings is 1. The summed E-state index contributed by atoms with van der Waals surface area (Å²) in [6.07, 6.45) is 7.68. The van der Waals surface area contributed by atoms with Gasteiger partial charge in [-0.2, -0.15) is 5.10 Å². The molecule has 2 N–H and O–H groups in total. The largest absolute Gasteiger partial charge is 0.468 e. The molecule has 1 atom stereocenters. The van der Waals surface area contributed by atoms with Crippen molar-refractivity contribution in [1.82, 2.24) is 30.4 Å². The summed E-state index contributed by atoms with van der Waals surface area (Å²) < 4.78 is 5.42. The predicted octanol–water partition coefficient (Wildman–Crippen LogP) is 2.03. The molecule has 0 aromatic carbocycles. The van der Waals surface area contributed by atoms with E-state index in [1.54, 1.807) is 18.7 Å². The van der Waals surface area contributed by atoms with Gasteiger partial charge in [0, 0.05) is 37.5 Å². The lowest BCUT2D eigenvalue weighted by molar-refractivity contribution is -0.126. The van der Waals surface area contributed by atoms with E-state index in [-0.39, 0.29) is 11.8 Å². The third-order valence-corrected chi connectivity index (χ3v) is 4.97. The van der Waals surface area contributed by atoms with Crippen molar-refractivity contribution in [3.63, 3.8) is 0 Å². The van der Waals surface area contributed by atoms with E-state index < -0.39 is 0 Å². The van der Waals surface area contributed by atoms with E-state index in [9.17, 15) is 4.79 Å². The second kappa shape index (κ2) is 8.79. The minimum absolute atomic E-state index is 0.0193. The van der Waals surface area contributed by atoms with Gasteiger partial charge in [-0.3, -0.25) is 19.8 Å². The van der Waals surface area contributed by atoms with Crippen molar-refractivity contribution in [2.75, 3.05) is 19.6 Å². The molecule has 0 bridgehead atoms. The number of carbonyl (C=O) groups is 1. The third kappa shape index (κ3) is 4.64. The van der Waals surface area contributed by atoms with E-state index in [0.29, 0.717) is 18.8 Å². The maximum atomic E-state index is 12.5. The zero-order chi connectivity index (χ0) is 19.2. The normalized spacial score (nSPS) is 17.5. The van der Waals surface area contributed by atoms with Crippen LogP contribution in [0.1, 0.15) is 24.4 Å². The van der Waals surface area contributed by atoms with Crippen LogP contribution in [0.2, 0.25) is 0 Å². The van der Waals surface area contributed by atoms with Crippen LogP contribution >= 0.6 is 0 Å². The molecule has 8 nitrogen and oxygen atoms in total. The average molecular weight is 380 g/mol. The number of pyridine rings is 1. The molecule has 0 radical (unpaired) electrons. The van der Waals surface area contributed by atoms with E-state index in [2.05, 4.69) is 30.4 Å². The van der Waals surface area contributed by atoms with Gasteiger partial charge in [-0.25, -0.2) is 4.98 Å². The number of furan rings is 1. The first-order valence-electron chi connectivity index (χ1n) is 9.62. The molecule has 0 saturated carbocycles. The van der Waals surface area contributed by atoms with Crippen molar-refractivity contribution in [1.29, 1.82) is 0 Å². The maximum Gasteiger partial charge on any atom is 0.224 e. The highest BCUT2D eigenvalue weighted by Gasteiger charge is 2.26. The molecule has 146 valence electrons. The van der Waals surface area contributed by atoms with Crippen LogP contribution < -0.4 is 5.32 Å². The minimum atomic E-state index is 0.0193. The molecule has 1 saturated heterocycles. The van der Waals surface area contributed by atoms with E-state index in [0.717, 1.165) is 49.6 Å². The Kier molecular flexibility index (Phi) is 5.77. The number of amides is 1. The Labute approximate surface area is 163 Å². The Hall–Kier alpha value is -3.00. The summed E-state index contributed by atoms with van der Waals surface area (Å²) in [4.78, 5) is 23.3. The van der Waals surface area contributed by atoms with Crippen LogP contribution in [0.5, 0.6) is 0 Å². The summed E-state index contributed by atoms with van der Waals surface area (Å²) in [5.41, 5.74) is 0.917. The number of nitrogens with zero attached hydrogens (tertiary/aromatic N) is 4. The standard InChI is InChI=1S/C20H24N6O2/c27-20(16-3-1-11-26(13-16)14-17-4-2-12-28-17)22-10-7-18-23-19(25-24-18)15-5-8-21-9-6-15/h2,4-6,8-9,12,16H,1,3,7,10-11,13-14H2,(H,22,27)(H,23,24,25)/t16-/m0/s1. The molecule has 28 heavy (non-hydrogen) atoms. The van der Waals surface area contributed by atoms with Gasteiger partial charge in [0.05, 0.1) is 18.7 Å². The van der Waals surface area contributed by atoms with Crippen molar-refractivity contribution >= 4 is 5.91 Å². The summed E-state index contributed by atoms with van der Waals surface area (Å²) in [6, 6.07) is 7.60. The third-order valence-electron chi connectivity index (χ3n) is 4.97. The maximum absolute atomic E-state index is 12.5. The van der Waals surface area contributed by atoms with Crippen molar-refractivity contribution < 1.29 is 9.21 Å². The Morgan fingerprint density at radius 1 is 1.32 bits per heavy atom. The first kappa shape index (κ1) is 18.4. The number of H-pyrrole nitrogens is 1. The lowest BCUT2D eigenvalue weighted by Gasteiger charge is -2.31. The zero-order valence-electron chi connectivity index (χ0n) is 15.7. The van der Waals surface area contributed by atoms with E-state index in [1.165, 1.54) is 0 Å². The van der Waals surface area contributed by atoms with Gasteiger partial charge in [0.2, 0.25) is 5.91 Å². The first-order chi connectivity index (χ1) is 13.8. The fourth-order valence-electron chi connectivity index (χ4n) is 3.52. The number of hydrogen-bond donors (Lipinski definition) is 2. The molecule has 1 aliphatic heterocycles. The van der Waals surface area contributed by atoms with Gasteiger partial charge in [0.25, 0.3) is 0 Å². The smallest absolute Gasteiger partial charge is 0.224 e. The molecule has 1 amide bonds. The molecule has 0 aliphatic carbocycles. The van der Waals surface area contributed by atoms with Crippen LogP contribution in [-0.4, -0.2) is 50.6 Å². The topological polar surface area (TPSA) is 99.9 Å². The van der Waals surface area contributed by atoms with Crippen molar-refractivity contribution in [2.24, 2.45) is 5.92 Å². The van der Waals surface area contributed by atoms with Gasteiger partial charge in [0.15, 0.2) is 5.82 Å². The van der Waals surface area contributed by atoms with Gasteiger partial charge in [0.1, 0.15) is 11.6 Å². The Morgan fingerprint density at radius 2 is 2.21 bits per heavy atom. The van der Waals surface area contributed by atoms with Crippen LogP contribution in [0.15, 0.2) is 47.3 Å². The van der Waals surface area contributed by atoms with Gasteiger partial charge < -0.3 is 9.73 Å². The highest BCUT2D eigenvalue weighted by molar-refractivity contribution is 5.78. The summed E-state index contributed by atoms with van der Waals surface area (Å²) in [5.74, 6) is 2.47. The summed E-state index contributed by atoms with van der Waals surface area (Å²) >= 11 is 0. The fraction of sp³-hybridized carbons (Fsp3) is 0.400. The number of rotatable bonds is 7. The van der Waals surface area contributed by atoms with E-state index >= 15 is 0 Å². The van der Waals surface area contributed by atoms with Gasteiger partial charge in [-0.05, 0) is 43.7 Å². The first-order valence-corrected chi connectivity index (χ1v) is 9.62. The molecule has 0 spiro atoms. The van der Waals surface area contributed by atoms with Gasteiger partial charge in [-0.1, -0.05) is 0 Å². The quantitative estimate of drug-likeness (QED) is 0.651. The van der Waals surface area contributed by atoms with Crippen molar-refractivity contribution in [2.45, 2.75) is 25.8 Å². The van der Waals surface area contributed by atoms with Crippen LogP contribution in [0.4, 0.5) is 0 Å². The molecule has 1 aliphatic rings. The molecule has 1 fully saturated rings. The molecule has 3 aromatic rings. The molecule has 4 heterocycles. The molecule has 4 rings (SSSR count). The molecule has 3 aromatic heterocycles. The number of hydrogen-bond acceptors (Lipinski definition) is 6. The minimum Gasteiger partial charge on any atom is -0.468 e. The highest BCUT2D eigenvalue weighted by atomic mass is 16.3. The van der Waals surface area contributed by atoms with Gasteiger partial charge >= 0.3 is 0 Å². The number of carbonyl (C=O) groups excluding carboxylic acids is 1. The van der Waals surface area contributed by atoms with Crippen molar-refractivity contribution in [3.8, 4) is 11.4 Å². The second-order valence-electron chi connectivity index (χ2n) is 7.04. The number of nitrogens with one attached hydrogen (secondary N) is 2. The Balaban J connectivity index is 1.24. The molecule has 0 unspecified atom stereocenters. The van der Waals surface area contributed by atoms with Crippen LogP contribution in [0.3, 0.4) is 0 Å². The lowest BCUT2D eigenvalue weighted by atomic mass is 9.97. The molecular weight excluding hydrogens is 356 g/mol. The predicted molar refractivity (Wildman–Crippen MR) is 103 cm³/mol. The Morgan fingerprint density at radius 3 is 3.04 bits per heavy atom. The average Bonchev–Trinajstić information content (AvgIpc) is 3.41.